The molecule has 108 valence electrons. The summed E-state index contributed by atoms with van der Waals surface area (Å²) in [4.78, 5) is 15.8. The lowest BCUT2D eigenvalue weighted by Crippen LogP contribution is -2.24. The Morgan fingerprint density at radius 1 is 1.33 bits per heavy atom. The first-order valence-corrected chi connectivity index (χ1v) is 6.53. The minimum absolute atomic E-state index is 0.261. The van der Waals surface area contributed by atoms with Gasteiger partial charge in [-0.3, -0.25) is 9.78 Å². The van der Waals surface area contributed by atoms with E-state index in [1.807, 2.05) is 0 Å². The monoisotopic (exact) mass is 285 g/mol. The third kappa shape index (κ3) is 4.14. The van der Waals surface area contributed by atoms with Gasteiger partial charge in [0, 0.05) is 30.5 Å². The van der Waals surface area contributed by atoms with Gasteiger partial charge in [-0.05, 0) is 18.2 Å². The van der Waals surface area contributed by atoms with Crippen LogP contribution in [0.25, 0.3) is 0 Å². The predicted octanol–water partition coefficient (Wildman–Crippen LogP) is 2.75. The first kappa shape index (κ1) is 14.7. The van der Waals surface area contributed by atoms with Crippen molar-refractivity contribution in [3.05, 3.63) is 72.3 Å². The number of carbonyl (C=O) groups excluding carboxylic acids is 1. The van der Waals surface area contributed by atoms with Crippen molar-refractivity contribution in [1.29, 1.82) is 0 Å². The summed E-state index contributed by atoms with van der Waals surface area (Å²) in [5, 5.41) is 5.72. The Kier molecular flexibility index (Phi) is 5.04. The minimum Gasteiger partial charge on any atom is -0.381 e. The van der Waals surface area contributed by atoms with Gasteiger partial charge in [0.05, 0.1) is 0 Å². The van der Waals surface area contributed by atoms with Crippen molar-refractivity contribution in [3.8, 4) is 0 Å². The van der Waals surface area contributed by atoms with Gasteiger partial charge in [-0.15, -0.1) is 6.58 Å². The maximum absolute atomic E-state index is 13.5. The number of anilines is 1. The first-order chi connectivity index (χ1) is 10.2. The standard InChI is InChI=1S/C16H16FN3O/c1-2-8-19-16(21)15-10-13(7-9-18-15)20-11-12-5-3-4-6-14(12)17/h2-7,9-10H,1,8,11H2,(H,18,20)(H,19,21). The lowest BCUT2D eigenvalue weighted by atomic mass is 10.2. The van der Waals surface area contributed by atoms with Gasteiger partial charge in [-0.25, -0.2) is 4.39 Å². The molecule has 5 heteroatoms. The highest BCUT2D eigenvalue weighted by Crippen LogP contribution is 2.12. The number of halogens is 1. The maximum atomic E-state index is 13.5. The summed E-state index contributed by atoms with van der Waals surface area (Å²) in [5.74, 6) is -0.535. The zero-order chi connectivity index (χ0) is 15.1. The Morgan fingerprint density at radius 3 is 2.90 bits per heavy atom. The highest BCUT2D eigenvalue weighted by atomic mass is 19.1. The second kappa shape index (κ2) is 7.19. The molecule has 0 unspecified atom stereocenters. The van der Waals surface area contributed by atoms with Gasteiger partial charge in [-0.1, -0.05) is 24.3 Å². The number of nitrogens with zero attached hydrogens (tertiary/aromatic N) is 1. The summed E-state index contributed by atoms with van der Waals surface area (Å²) in [6.45, 7) is 4.25. The van der Waals surface area contributed by atoms with Crippen molar-refractivity contribution in [2.24, 2.45) is 0 Å². The van der Waals surface area contributed by atoms with Crippen LogP contribution in [0, 0.1) is 5.82 Å². The Morgan fingerprint density at radius 2 is 2.14 bits per heavy atom. The summed E-state index contributed by atoms with van der Waals surface area (Å²) in [6.07, 6.45) is 3.13. The number of pyridine rings is 1. The molecule has 0 radical (unpaired) electrons. The molecule has 0 aliphatic rings. The van der Waals surface area contributed by atoms with Crippen LogP contribution in [0.4, 0.5) is 10.1 Å². The summed E-state index contributed by atoms with van der Waals surface area (Å²) in [5.41, 5.74) is 1.57. The second-order valence-corrected chi connectivity index (χ2v) is 4.37. The molecule has 21 heavy (non-hydrogen) atoms. The minimum atomic E-state index is -0.274. The van der Waals surface area contributed by atoms with Gasteiger partial charge in [-0.2, -0.15) is 0 Å². The van der Waals surface area contributed by atoms with Crippen LogP contribution in [0.15, 0.2) is 55.3 Å². The molecule has 0 bridgehead atoms. The molecular formula is C16H16FN3O. The Labute approximate surface area is 122 Å². The zero-order valence-electron chi connectivity index (χ0n) is 11.5. The fourth-order valence-electron chi connectivity index (χ4n) is 1.76. The van der Waals surface area contributed by atoms with Crippen LogP contribution in [0.5, 0.6) is 0 Å². The molecule has 4 nitrogen and oxygen atoms in total. The molecule has 1 heterocycles. The fraction of sp³-hybridized carbons (Fsp3) is 0.125. The molecule has 0 atom stereocenters. The number of hydrogen-bond acceptors (Lipinski definition) is 3. The zero-order valence-corrected chi connectivity index (χ0v) is 11.5. The average Bonchev–Trinajstić information content (AvgIpc) is 2.52. The number of hydrogen-bond donors (Lipinski definition) is 2. The van der Waals surface area contributed by atoms with Crippen molar-refractivity contribution >= 4 is 11.6 Å². The Hall–Kier alpha value is -2.69. The molecule has 1 aromatic heterocycles. The van der Waals surface area contributed by atoms with Crippen LogP contribution in [0.3, 0.4) is 0 Å². The van der Waals surface area contributed by atoms with Gasteiger partial charge in [0.2, 0.25) is 0 Å². The van der Waals surface area contributed by atoms with Crippen molar-refractivity contribution in [3.63, 3.8) is 0 Å². The van der Waals surface area contributed by atoms with Crippen LogP contribution in [0.2, 0.25) is 0 Å². The maximum Gasteiger partial charge on any atom is 0.270 e. The van der Waals surface area contributed by atoms with E-state index in [4.69, 9.17) is 0 Å². The molecule has 2 N–H and O–H groups in total. The van der Waals surface area contributed by atoms with Crippen molar-refractivity contribution in [1.82, 2.24) is 10.3 Å². The molecule has 0 aliphatic carbocycles. The molecule has 1 aromatic carbocycles. The summed E-state index contributed by atoms with van der Waals surface area (Å²) in [6, 6.07) is 9.90. The molecule has 0 saturated heterocycles. The molecular weight excluding hydrogens is 269 g/mol. The summed E-state index contributed by atoms with van der Waals surface area (Å²) < 4.78 is 13.5. The Bertz CT molecular complexity index is 643. The largest absolute Gasteiger partial charge is 0.381 e. The van der Waals surface area contributed by atoms with Gasteiger partial charge < -0.3 is 10.6 Å². The highest BCUT2D eigenvalue weighted by Gasteiger charge is 2.07. The van der Waals surface area contributed by atoms with Crippen LogP contribution in [-0.2, 0) is 6.54 Å². The lowest BCUT2D eigenvalue weighted by molar-refractivity contribution is 0.0953. The lowest BCUT2D eigenvalue weighted by Gasteiger charge is -2.08. The average molecular weight is 285 g/mol. The molecule has 0 spiro atoms. The van der Waals surface area contributed by atoms with Crippen LogP contribution in [-0.4, -0.2) is 17.4 Å². The number of rotatable bonds is 6. The highest BCUT2D eigenvalue weighted by molar-refractivity contribution is 5.93. The van der Waals surface area contributed by atoms with E-state index in [1.54, 1.807) is 36.4 Å². The number of aromatic nitrogens is 1. The van der Waals surface area contributed by atoms with Crippen molar-refractivity contribution < 1.29 is 9.18 Å². The van der Waals surface area contributed by atoms with Crippen LogP contribution in [0.1, 0.15) is 16.1 Å². The van der Waals surface area contributed by atoms with Gasteiger partial charge in [0.15, 0.2) is 0 Å². The van der Waals surface area contributed by atoms with E-state index in [-0.39, 0.29) is 11.7 Å². The summed E-state index contributed by atoms with van der Waals surface area (Å²) in [7, 11) is 0. The van der Waals surface area contributed by atoms with Gasteiger partial charge in [0.25, 0.3) is 5.91 Å². The smallest absolute Gasteiger partial charge is 0.270 e. The van der Waals surface area contributed by atoms with E-state index < -0.39 is 0 Å². The first-order valence-electron chi connectivity index (χ1n) is 6.53. The molecule has 0 fully saturated rings. The molecule has 2 rings (SSSR count). The topological polar surface area (TPSA) is 54.0 Å². The molecule has 0 aliphatic heterocycles. The Balaban J connectivity index is 2.03. The van der Waals surface area contributed by atoms with E-state index in [1.165, 1.54) is 12.3 Å². The normalized spacial score (nSPS) is 9.95. The summed E-state index contributed by atoms with van der Waals surface area (Å²) >= 11 is 0. The van der Waals surface area contributed by atoms with Crippen molar-refractivity contribution in [2.45, 2.75) is 6.54 Å². The SMILES string of the molecule is C=CCNC(=O)c1cc(NCc2ccccc2F)ccn1. The van der Waals surface area contributed by atoms with E-state index in [2.05, 4.69) is 22.2 Å². The van der Waals surface area contributed by atoms with E-state index in [0.29, 0.717) is 30.0 Å². The van der Waals surface area contributed by atoms with Crippen LogP contribution >= 0.6 is 0 Å². The third-order valence-corrected chi connectivity index (χ3v) is 2.84. The fourth-order valence-corrected chi connectivity index (χ4v) is 1.76. The quantitative estimate of drug-likeness (QED) is 0.802. The molecule has 0 saturated carbocycles. The number of benzene rings is 1. The molecule has 1 amide bonds. The van der Waals surface area contributed by atoms with Gasteiger partial charge in [0.1, 0.15) is 11.5 Å². The number of carbonyl (C=O) groups is 1. The van der Waals surface area contributed by atoms with Crippen LogP contribution < -0.4 is 10.6 Å². The second-order valence-electron chi connectivity index (χ2n) is 4.37. The number of amides is 1. The third-order valence-electron chi connectivity index (χ3n) is 2.84. The predicted molar refractivity (Wildman–Crippen MR) is 80.5 cm³/mol. The van der Waals surface area contributed by atoms with E-state index >= 15 is 0 Å². The number of nitrogens with one attached hydrogen (secondary N) is 2. The van der Waals surface area contributed by atoms with Gasteiger partial charge >= 0.3 is 0 Å². The van der Waals surface area contributed by atoms with Crippen molar-refractivity contribution in [2.75, 3.05) is 11.9 Å². The van der Waals surface area contributed by atoms with E-state index in [0.717, 1.165) is 0 Å². The van der Waals surface area contributed by atoms with E-state index in [9.17, 15) is 9.18 Å². The molecule has 2 aromatic rings.